The first-order valence-corrected chi connectivity index (χ1v) is 9.93. The van der Waals surface area contributed by atoms with Crippen molar-refractivity contribution in [2.45, 2.75) is 19.1 Å². The molecule has 1 aliphatic heterocycles. The van der Waals surface area contributed by atoms with E-state index in [4.69, 9.17) is 4.74 Å². The average molecular weight is 428 g/mol. The molecule has 0 N–H and O–H groups in total. The van der Waals surface area contributed by atoms with Crippen LogP contribution >= 0.6 is 0 Å². The van der Waals surface area contributed by atoms with E-state index < -0.39 is 29.8 Å². The number of benzene rings is 3. The summed E-state index contributed by atoms with van der Waals surface area (Å²) in [7, 11) is 0. The number of imide groups is 1. The summed E-state index contributed by atoms with van der Waals surface area (Å²) in [5, 5.41) is 11.2. The van der Waals surface area contributed by atoms with Crippen LogP contribution in [0.2, 0.25) is 0 Å². The van der Waals surface area contributed by atoms with E-state index in [9.17, 15) is 24.3 Å². The van der Waals surface area contributed by atoms with Gasteiger partial charge < -0.3 is 14.6 Å². The third-order valence-electron chi connectivity index (χ3n) is 5.25. The van der Waals surface area contributed by atoms with Crippen molar-refractivity contribution in [1.29, 1.82) is 0 Å². The zero-order valence-corrected chi connectivity index (χ0v) is 16.9. The number of rotatable bonds is 7. The summed E-state index contributed by atoms with van der Waals surface area (Å²) in [4.78, 5) is 50.9. The molecule has 0 radical (unpaired) electrons. The number of aromatic carboxylic acids is 1. The highest BCUT2D eigenvalue weighted by Gasteiger charge is 2.41. The van der Waals surface area contributed by atoms with Gasteiger partial charge in [0.15, 0.2) is 0 Å². The Bertz CT molecular complexity index is 1190. The fourth-order valence-electron chi connectivity index (χ4n) is 3.66. The summed E-state index contributed by atoms with van der Waals surface area (Å²) in [5.41, 5.74) is 1.24. The van der Waals surface area contributed by atoms with Crippen molar-refractivity contribution in [1.82, 2.24) is 4.90 Å². The Morgan fingerprint density at radius 3 is 2.12 bits per heavy atom. The summed E-state index contributed by atoms with van der Waals surface area (Å²) in [6.07, 6.45) is -0.240. The van der Waals surface area contributed by atoms with E-state index in [1.54, 1.807) is 30.3 Å². The Labute approximate surface area is 183 Å². The minimum atomic E-state index is -1.45. The third-order valence-corrected chi connectivity index (χ3v) is 5.25. The molecule has 0 saturated heterocycles. The van der Waals surface area contributed by atoms with Crippen LogP contribution in [0.1, 0.15) is 54.7 Å². The SMILES string of the molecule is O=C(C[C@H](c1ccccc1)N1C(=O)c2ccc(C(=O)[O-])cc2C1=O)OCc1ccccc1. The monoisotopic (exact) mass is 428 g/mol. The first-order chi connectivity index (χ1) is 15.5. The zero-order chi connectivity index (χ0) is 22.7. The van der Waals surface area contributed by atoms with Crippen molar-refractivity contribution in [3.63, 3.8) is 0 Å². The number of amides is 2. The van der Waals surface area contributed by atoms with Crippen LogP contribution in [-0.2, 0) is 16.1 Å². The van der Waals surface area contributed by atoms with Gasteiger partial charge in [-0.15, -0.1) is 0 Å². The molecule has 0 unspecified atom stereocenters. The summed E-state index contributed by atoms with van der Waals surface area (Å²) in [6.45, 7) is 0.0677. The van der Waals surface area contributed by atoms with Crippen LogP contribution in [0.25, 0.3) is 0 Å². The van der Waals surface area contributed by atoms with Crippen LogP contribution in [0, 0.1) is 0 Å². The molecule has 0 bridgehead atoms. The van der Waals surface area contributed by atoms with E-state index in [0.29, 0.717) is 5.56 Å². The molecular weight excluding hydrogens is 410 g/mol. The first kappa shape index (κ1) is 21.0. The van der Waals surface area contributed by atoms with Gasteiger partial charge in [0.05, 0.1) is 29.6 Å². The van der Waals surface area contributed by atoms with Crippen molar-refractivity contribution in [2.75, 3.05) is 0 Å². The number of hydrogen-bond donors (Lipinski definition) is 0. The number of carboxylic acids is 1. The maximum absolute atomic E-state index is 13.1. The predicted molar refractivity (Wildman–Crippen MR) is 111 cm³/mol. The van der Waals surface area contributed by atoms with E-state index in [0.717, 1.165) is 16.5 Å². The molecule has 0 aromatic heterocycles. The fourth-order valence-corrected chi connectivity index (χ4v) is 3.66. The Hall–Kier alpha value is -4.26. The van der Waals surface area contributed by atoms with E-state index >= 15 is 0 Å². The Morgan fingerprint density at radius 1 is 0.844 bits per heavy atom. The Morgan fingerprint density at radius 2 is 1.47 bits per heavy atom. The summed E-state index contributed by atoms with van der Waals surface area (Å²) >= 11 is 0. The molecule has 2 amide bonds. The molecule has 1 aliphatic rings. The molecule has 7 heteroatoms. The average Bonchev–Trinajstić information content (AvgIpc) is 3.06. The fraction of sp³-hybridized carbons (Fsp3) is 0.120. The van der Waals surface area contributed by atoms with Crippen LogP contribution in [0.4, 0.5) is 0 Å². The van der Waals surface area contributed by atoms with Gasteiger partial charge in [-0.1, -0.05) is 66.7 Å². The molecule has 0 saturated carbocycles. The Kier molecular flexibility index (Phi) is 5.81. The lowest BCUT2D eigenvalue weighted by Crippen LogP contribution is -2.35. The van der Waals surface area contributed by atoms with E-state index in [2.05, 4.69) is 0 Å². The standard InChI is InChI=1S/C25H19NO6/c27-22(32-15-16-7-3-1-4-8-16)14-21(17-9-5-2-6-10-17)26-23(28)19-12-11-18(25(30)31)13-20(19)24(26)29/h1-13,21H,14-15H2,(H,30,31)/p-1/t21-/m1/s1. The number of fused-ring (bicyclic) bond motifs is 1. The van der Waals surface area contributed by atoms with E-state index in [1.165, 1.54) is 12.1 Å². The molecule has 4 rings (SSSR count). The van der Waals surface area contributed by atoms with Crippen LogP contribution < -0.4 is 5.11 Å². The number of hydrogen-bond acceptors (Lipinski definition) is 6. The lowest BCUT2D eigenvalue weighted by Gasteiger charge is -2.26. The molecule has 3 aromatic carbocycles. The van der Waals surface area contributed by atoms with Gasteiger partial charge in [-0.25, -0.2) is 0 Å². The van der Waals surface area contributed by atoms with Gasteiger partial charge in [0.25, 0.3) is 11.8 Å². The lowest BCUT2D eigenvalue weighted by atomic mass is 10.0. The highest BCUT2D eigenvalue weighted by molar-refractivity contribution is 6.22. The number of nitrogens with zero attached hydrogens (tertiary/aromatic N) is 1. The maximum atomic E-state index is 13.1. The third kappa shape index (κ3) is 4.13. The van der Waals surface area contributed by atoms with Crippen LogP contribution in [0.3, 0.4) is 0 Å². The van der Waals surface area contributed by atoms with Gasteiger partial charge in [-0.3, -0.25) is 19.3 Å². The van der Waals surface area contributed by atoms with Gasteiger partial charge in [0.1, 0.15) is 6.61 Å². The molecule has 160 valence electrons. The molecule has 0 fully saturated rings. The minimum absolute atomic E-state index is 0.0321. The second-order valence-corrected chi connectivity index (χ2v) is 7.31. The number of carbonyl (C=O) groups is 4. The lowest BCUT2D eigenvalue weighted by molar-refractivity contribution is -0.255. The van der Waals surface area contributed by atoms with Gasteiger partial charge >= 0.3 is 5.97 Å². The molecular formula is C25H18NO6-. The number of esters is 1. The number of carboxylic acid groups (broad SMARTS) is 1. The second-order valence-electron chi connectivity index (χ2n) is 7.31. The topological polar surface area (TPSA) is 104 Å². The zero-order valence-electron chi connectivity index (χ0n) is 16.9. The summed E-state index contributed by atoms with van der Waals surface area (Å²) < 4.78 is 5.36. The van der Waals surface area contributed by atoms with Crippen molar-refractivity contribution >= 4 is 23.8 Å². The van der Waals surface area contributed by atoms with Crippen LogP contribution in [0.5, 0.6) is 0 Å². The summed E-state index contributed by atoms with van der Waals surface area (Å²) in [6, 6.07) is 20.6. The van der Waals surface area contributed by atoms with Crippen LogP contribution in [0.15, 0.2) is 78.9 Å². The quantitative estimate of drug-likeness (QED) is 0.423. The minimum Gasteiger partial charge on any atom is -0.545 e. The van der Waals surface area contributed by atoms with Crippen molar-refractivity contribution in [3.05, 3.63) is 107 Å². The van der Waals surface area contributed by atoms with Gasteiger partial charge in [-0.05, 0) is 28.8 Å². The van der Waals surface area contributed by atoms with Gasteiger partial charge in [0, 0.05) is 0 Å². The van der Waals surface area contributed by atoms with E-state index in [-0.39, 0.29) is 29.7 Å². The first-order valence-electron chi connectivity index (χ1n) is 9.93. The highest BCUT2D eigenvalue weighted by Crippen LogP contribution is 2.34. The molecule has 0 aliphatic carbocycles. The van der Waals surface area contributed by atoms with Crippen molar-refractivity contribution in [3.8, 4) is 0 Å². The van der Waals surface area contributed by atoms with Gasteiger partial charge in [0.2, 0.25) is 0 Å². The van der Waals surface area contributed by atoms with Crippen molar-refractivity contribution < 1.29 is 29.0 Å². The van der Waals surface area contributed by atoms with Gasteiger partial charge in [-0.2, -0.15) is 0 Å². The molecule has 32 heavy (non-hydrogen) atoms. The highest BCUT2D eigenvalue weighted by atomic mass is 16.5. The molecule has 1 atom stereocenters. The largest absolute Gasteiger partial charge is 0.545 e. The summed E-state index contributed by atoms with van der Waals surface area (Å²) in [5.74, 6) is -3.29. The predicted octanol–water partition coefficient (Wildman–Crippen LogP) is 2.52. The van der Waals surface area contributed by atoms with Crippen molar-refractivity contribution in [2.24, 2.45) is 0 Å². The van der Waals surface area contributed by atoms with Crippen LogP contribution in [-0.4, -0.2) is 28.7 Å². The molecule has 1 heterocycles. The molecule has 0 spiro atoms. The maximum Gasteiger partial charge on any atom is 0.308 e. The molecule has 7 nitrogen and oxygen atoms in total. The molecule has 3 aromatic rings. The normalized spacial score (nSPS) is 13.6. The number of ether oxygens (including phenoxy) is 1. The Balaban J connectivity index is 1.61. The number of carbonyl (C=O) groups excluding carboxylic acids is 4. The smallest absolute Gasteiger partial charge is 0.308 e. The van der Waals surface area contributed by atoms with E-state index in [1.807, 2.05) is 30.3 Å². The second kappa shape index (κ2) is 8.85.